The van der Waals surface area contributed by atoms with E-state index in [1.165, 1.54) is 6.07 Å². The van der Waals surface area contributed by atoms with Crippen LogP contribution in [0.2, 0.25) is 0 Å². The van der Waals surface area contributed by atoms with Crippen LogP contribution in [0.5, 0.6) is 0 Å². The second kappa shape index (κ2) is 7.96. The normalized spacial score (nSPS) is 11.2. The monoisotopic (exact) mass is 290 g/mol. The van der Waals surface area contributed by atoms with E-state index in [4.69, 9.17) is 4.42 Å². The summed E-state index contributed by atoms with van der Waals surface area (Å²) in [4.78, 5) is 2.04. The van der Waals surface area contributed by atoms with Crippen molar-refractivity contribution >= 4 is 0 Å². The molecule has 1 heterocycles. The molecule has 2 rings (SSSR count). The minimum absolute atomic E-state index is 0.159. The Morgan fingerprint density at radius 2 is 1.86 bits per heavy atom. The Balaban J connectivity index is 1.85. The Kier molecular flexibility index (Phi) is 5.96. The van der Waals surface area contributed by atoms with Gasteiger partial charge in [0.05, 0.1) is 13.1 Å². The summed E-state index contributed by atoms with van der Waals surface area (Å²) in [7, 11) is 1.96. The van der Waals surface area contributed by atoms with Crippen molar-refractivity contribution in [1.29, 1.82) is 0 Å². The maximum atomic E-state index is 13.6. The van der Waals surface area contributed by atoms with Crippen molar-refractivity contribution in [1.82, 2.24) is 10.2 Å². The van der Waals surface area contributed by atoms with E-state index in [9.17, 15) is 4.39 Å². The Morgan fingerprint density at radius 1 is 1.10 bits per heavy atom. The number of hydrogen-bond acceptors (Lipinski definition) is 3. The van der Waals surface area contributed by atoms with Gasteiger partial charge in [0, 0.05) is 12.1 Å². The molecule has 3 nitrogen and oxygen atoms in total. The van der Waals surface area contributed by atoms with Gasteiger partial charge < -0.3 is 9.73 Å². The van der Waals surface area contributed by atoms with Crippen LogP contribution in [-0.2, 0) is 19.6 Å². The zero-order valence-electron chi connectivity index (χ0n) is 12.7. The third kappa shape index (κ3) is 4.99. The lowest BCUT2D eigenvalue weighted by atomic mass is 10.2. The van der Waals surface area contributed by atoms with Crippen LogP contribution in [0.15, 0.2) is 40.8 Å². The first kappa shape index (κ1) is 15.7. The smallest absolute Gasteiger partial charge is 0.127 e. The number of hydrogen-bond donors (Lipinski definition) is 1. The van der Waals surface area contributed by atoms with Gasteiger partial charge in [-0.3, -0.25) is 4.90 Å². The number of nitrogens with zero attached hydrogens (tertiary/aromatic N) is 1. The third-order valence-corrected chi connectivity index (χ3v) is 3.27. The van der Waals surface area contributed by atoms with Crippen LogP contribution in [0.1, 0.15) is 30.4 Å². The van der Waals surface area contributed by atoms with E-state index in [-0.39, 0.29) is 5.82 Å². The molecule has 2 aromatic rings. The molecule has 0 radical (unpaired) electrons. The summed E-state index contributed by atoms with van der Waals surface area (Å²) in [5.41, 5.74) is 0.705. The van der Waals surface area contributed by atoms with Gasteiger partial charge in [0.2, 0.25) is 0 Å². The third-order valence-electron chi connectivity index (χ3n) is 3.27. The van der Waals surface area contributed by atoms with Gasteiger partial charge in [-0.05, 0) is 38.2 Å². The van der Waals surface area contributed by atoms with E-state index in [0.29, 0.717) is 18.7 Å². The first-order chi connectivity index (χ1) is 10.2. The number of halogens is 1. The molecule has 0 spiro atoms. The molecule has 4 heteroatoms. The van der Waals surface area contributed by atoms with Crippen LogP contribution in [0.4, 0.5) is 4.39 Å². The average Bonchev–Trinajstić information content (AvgIpc) is 2.89. The van der Waals surface area contributed by atoms with E-state index >= 15 is 0 Å². The summed E-state index contributed by atoms with van der Waals surface area (Å²) in [5.74, 6) is 1.69. The van der Waals surface area contributed by atoms with Crippen LogP contribution in [0.25, 0.3) is 0 Å². The summed E-state index contributed by atoms with van der Waals surface area (Å²) < 4.78 is 19.4. The molecule has 114 valence electrons. The Morgan fingerprint density at radius 3 is 2.62 bits per heavy atom. The SMILES string of the molecule is CCCNCc1ccc(CN(C)Cc2ccccc2F)o1. The van der Waals surface area contributed by atoms with Crippen molar-refractivity contribution in [3.8, 4) is 0 Å². The van der Waals surface area contributed by atoms with E-state index in [0.717, 1.165) is 31.0 Å². The summed E-state index contributed by atoms with van der Waals surface area (Å²) >= 11 is 0. The maximum absolute atomic E-state index is 13.6. The van der Waals surface area contributed by atoms with Gasteiger partial charge in [0.25, 0.3) is 0 Å². The lowest BCUT2D eigenvalue weighted by Gasteiger charge is -2.15. The highest BCUT2D eigenvalue weighted by atomic mass is 19.1. The molecular formula is C17H23FN2O. The zero-order valence-corrected chi connectivity index (χ0v) is 12.7. The second-order valence-corrected chi connectivity index (χ2v) is 5.31. The molecule has 0 aliphatic heterocycles. The minimum atomic E-state index is -0.159. The van der Waals surface area contributed by atoms with Gasteiger partial charge >= 0.3 is 0 Å². The predicted molar refractivity (Wildman–Crippen MR) is 82.3 cm³/mol. The fourth-order valence-corrected chi connectivity index (χ4v) is 2.23. The van der Waals surface area contributed by atoms with E-state index in [2.05, 4.69) is 12.2 Å². The van der Waals surface area contributed by atoms with Crippen LogP contribution in [0.3, 0.4) is 0 Å². The molecule has 0 aliphatic carbocycles. The molecule has 0 aliphatic rings. The van der Waals surface area contributed by atoms with Crippen LogP contribution >= 0.6 is 0 Å². The Labute approximate surface area is 125 Å². The fraction of sp³-hybridized carbons (Fsp3) is 0.412. The quantitative estimate of drug-likeness (QED) is 0.754. The van der Waals surface area contributed by atoms with Gasteiger partial charge in [0.1, 0.15) is 17.3 Å². The molecule has 1 N–H and O–H groups in total. The maximum Gasteiger partial charge on any atom is 0.127 e. The summed E-state index contributed by atoms with van der Waals surface area (Å²) in [6.07, 6.45) is 1.11. The van der Waals surface area contributed by atoms with Gasteiger partial charge in [-0.2, -0.15) is 0 Å². The highest BCUT2D eigenvalue weighted by molar-refractivity contribution is 5.17. The molecule has 1 aromatic heterocycles. The summed E-state index contributed by atoms with van der Waals surface area (Å²) in [6.45, 7) is 5.12. The molecule has 0 amide bonds. The largest absolute Gasteiger partial charge is 0.463 e. The molecule has 0 unspecified atom stereocenters. The average molecular weight is 290 g/mol. The van der Waals surface area contributed by atoms with Crippen molar-refractivity contribution in [3.63, 3.8) is 0 Å². The zero-order chi connectivity index (χ0) is 15.1. The lowest BCUT2D eigenvalue weighted by molar-refractivity contribution is 0.279. The fourth-order valence-electron chi connectivity index (χ4n) is 2.23. The Bertz CT molecular complexity index is 553. The molecule has 0 atom stereocenters. The van der Waals surface area contributed by atoms with Crippen LogP contribution in [-0.4, -0.2) is 18.5 Å². The molecule has 0 saturated carbocycles. The minimum Gasteiger partial charge on any atom is -0.463 e. The predicted octanol–water partition coefficient (Wildman–Crippen LogP) is 3.55. The summed E-state index contributed by atoms with van der Waals surface area (Å²) in [5, 5.41) is 3.31. The number of rotatable bonds is 8. The lowest BCUT2D eigenvalue weighted by Crippen LogP contribution is -2.17. The first-order valence-electron chi connectivity index (χ1n) is 7.39. The van der Waals surface area contributed by atoms with Crippen molar-refractivity contribution in [3.05, 3.63) is 59.3 Å². The highest BCUT2D eigenvalue weighted by Gasteiger charge is 2.08. The van der Waals surface area contributed by atoms with Gasteiger partial charge in [-0.25, -0.2) is 4.39 Å². The van der Waals surface area contributed by atoms with E-state index < -0.39 is 0 Å². The standard InChI is InChI=1S/C17H23FN2O/c1-3-10-19-11-15-8-9-16(21-15)13-20(2)12-14-6-4-5-7-17(14)18/h4-9,19H,3,10-13H2,1-2H3. The molecular weight excluding hydrogens is 267 g/mol. The number of furan rings is 1. The molecule has 0 saturated heterocycles. The highest BCUT2D eigenvalue weighted by Crippen LogP contribution is 2.13. The van der Waals surface area contributed by atoms with Crippen LogP contribution in [0, 0.1) is 5.82 Å². The van der Waals surface area contributed by atoms with Gasteiger partial charge in [0.15, 0.2) is 0 Å². The van der Waals surface area contributed by atoms with E-state index in [1.54, 1.807) is 6.07 Å². The molecule has 21 heavy (non-hydrogen) atoms. The van der Waals surface area contributed by atoms with E-state index in [1.807, 2.05) is 36.2 Å². The van der Waals surface area contributed by atoms with Crippen molar-refractivity contribution in [2.75, 3.05) is 13.6 Å². The second-order valence-electron chi connectivity index (χ2n) is 5.31. The molecule has 0 fully saturated rings. The van der Waals surface area contributed by atoms with Crippen molar-refractivity contribution in [2.24, 2.45) is 0 Å². The van der Waals surface area contributed by atoms with Crippen LogP contribution < -0.4 is 5.32 Å². The number of nitrogens with one attached hydrogen (secondary N) is 1. The summed E-state index contributed by atoms with van der Waals surface area (Å²) in [6, 6.07) is 10.9. The van der Waals surface area contributed by atoms with Gasteiger partial charge in [-0.15, -0.1) is 0 Å². The van der Waals surface area contributed by atoms with Crippen molar-refractivity contribution < 1.29 is 8.81 Å². The Hall–Kier alpha value is -1.65. The topological polar surface area (TPSA) is 28.4 Å². The first-order valence-corrected chi connectivity index (χ1v) is 7.39. The van der Waals surface area contributed by atoms with Crippen molar-refractivity contribution in [2.45, 2.75) is 33.0 Å². The molecule has 1 aromatic carbocycles. The van der Waals surface area contributed by atoms with Gasteiger partial charge in [-0.1, -0.05) is 25.1 Å². The molecule has 0 bridgehead atoms. The number of benzene rings is 1.